The number of aliphatic hydroxyl groups excluding tert-OH is 1. The van der Waals surface area contributed by atoms with Gasteiger partial charge in [-0.15, -0.1) is 0 Å². The Labute approximate surface area is 117 Å². The van der Waals surface area contributed by atoms with Gasteiger partial charge in [0, 0.05) is 12.6 Å². The van der Waals surface area contributed by atoms with Gasteiger partial charge in [-0.2, -0.15) is 13.2 Å². The summed E-state index contributed by atoms with van der Waals surface area (Å²) in [4.78, 5) is 7.72. The van der Waals surface area contributed by atoms with Gasteiger partial charge in [0.2, 0.25) is 0 Å². The Balaban J connectivity index is 2.05. The van der Waals surface area contributed by atoms with Gasteiger partial charge in [0.1, 0.15) is 11.3 Å². The third kappa shape index (κ3) is 3.49. The van der Waals surface area contributed by atoms with Crippen LogP contribution in [0.2, 0.25) is 5.15 Å². The Bertz CT molecular complexity index is 586. The molecule has 0 saturated carbocycles. The summed E-state index contributed by atoms with van der Waals surface area (Å²) < 4.78 is 41.7. The number of alkyl halides is 3. The van der Waals surface area contributed by atoms with Crippen LogP contribution in [0.3, 0.4) is 0 Å². The number of nitrogens with zero attached hydrogens (tertiary/aromatic N) is 2. The zero-order valence-electron chi connectivity index (χ0n) is 10.1. The molecular weight excluding hydrogens is 297 g/mol. The number of hydrogen-bond acceptors (Lipinski definition) is 4. The topological polar surface area (TPSA) is 59.2 Å². The Morgan fingerprint density at radius 3 is 2.75 bits per heavy atom. The first-order chi connectivity index (χ1) is 9.38. The number of rotatable bonds is 4. The molecule has 0 spiro atoms. The van der Waals surface area contributed by atoms with E-state index >= 15 is 0 Å². The summed E-state index contributed by atoms with van der Waals surface area (Å²) in [6.45, 7) is 0. The highest BCUT2D eigenvalue weighted by Gasteiger charge is 2.37. The van der Waals surface area contributed by atoms with E-state index in [0.717, 1.165) is 0 Å². The van der Waals surface area contributed by atoms with Crippen LogP contribution in [-0.4, -0.2) is 27.4 Å². The van der Waals surface area contributed by atoms with Crippen LogP contribution in [0.5, 0.6) is 0 Å². The van der Waals surface area contributed by atoms with Gasteiger partial charge in [-0.05, 0) is 18.6 Å². The van der Waals surface area contributed by atoms with Crippen molar-refractivity contribution < 1.29 is 22.7 Å². The van der Waals surface area contributed by atoms with Crippen LogP contribution in [0.4, 0.5) is 13.2 Å². The third-order valence-corrected chi connectivity index (χ3v) is 2.89. The number of hydrogen-bond donors (Lipinski definition) is 1. The molecule has 4 nitrogen and oxygen atoms in total. The smallest absolute Gasteiger partial charge is 0.414 e. The maximum absolute atomic E-state index is 12.1. The summed E-state index contributed by atoms with van der Waals surface area (Å²) in [5.74, 6) is 0.419. The molecule has 2 rings (SSSR count). The van der Waals surface area contributed by atoms with Crippen molar-refractivity contribution in [2.24, 2.45) is 0 Å². The fourth-order valence-corrected chi connectivity index (χ4v) is 1.76. The molecule has 0 bridgehead atoms. The first-order valence-corrected chi connectivity index (χ1v) is 6.06. The van der Waals surface area contributed by atoms with E-state index in [1.54, 1.807) is 12.1 Å². The standard InChI is InChI=1S/C12H10ClF3N2O2/c13-11-7(2-1-5-17-11)8-6-18-10(20-8)4-3-9(19)12(14,15)16/h1-2,5-6,9,19H,3-4H2. The minimum Gasteiger partial charge on any atom is -0.441 e. The van der Waals surface area contributed by atoms with E-state index in [-0.39, 0.29) is 17.5 Å². The normalized spacial score (nSPS) is 13.4. The fraction of sp³-hybridized carbons (Fsp3) is 0.333. The molecule has 0 aliphatic carbocycles. The third-order valence-electron chi connectivity index (χ3n) is 2.59. The second-order valence-electron chi connectivity index (χ2n) is 4.06. The summed E-state index contributed by atoms with van der Waals surface area (Å²) >= 11 is 5.87. The molecule has 0 aromatic carbocycles. The van der Waals surface area contributed by atoms with Crippen LogP contribution >= 0.6 is 11.6 Å². The molecule has 0 aliphatic rings. The van der Waals surface area contributed by atoms with Crippen LogP contribution in [0, 0.1) is 0 Å². The highest BCUT2D eigenvalue weighted by molar-refractivity contribution is 6.31. The first-order valence-electron chi connectivity index (χ1n) is 5.68. The fourth-order valence-electron chi connectivity index (χ4n) is 1.54. The zero-order chi connectivity index (χ0) is 14.8. The molecule has 0 saturated heterocycles. The molecule has 1 atom stereocenters. The van der Waals surface area contributed by atoms with Gasteiger partial charge in [-0.25, -0.2) is 9.97 Å². The van der Waals surface area contributed by atoms with E-state index in [9.17, 15) is 13.2 Å². The van der Waals surface area contributed by atoms with Crippen molar-refractivity contribution in [2.75, 3.05) is 0 Å². The molecule has 0 radical (unpaired) electrons. The van der Waals surface area contributed by atoms with E-state index in [2.05, 4.69) is 9.97 Å². The molecule has 2 heterocycles. The van der Waals surface area contributed by atoms with Gasteiger partial charge < -0.3 is 9.52 Å². The zero-order valence-corrected chi connectivity index (χ0v) is 10.8. The van der Waals surface area contributed by atoms with Gasteiger partial charge in [-0.3, -0.25) is 0 Å². The molecule has 0 fully saturated rings. The average molecular weight is 307 g/mol. The van der Waals surface area contributed by atoms with E-state index in [1.165, 1.54) is 12.4 Å². The summed E-state index contributed by atoms with van der Waals surface area (Å²) in [5.41, 5.74) is 0.504. The van der Waals surface area contributed by atoms with E-state index in [4.69, 9.17) is 21.1 Å². The molecule has 20 heavy (non-hydrogen) atoms. The quantitative estimate of drug-likeness (QED) is 0.881. The van der Waals surface area contributed by atoms with Gasteiger partial charge in [0.15, 0.2) is 11.7 Å². The van der Waals surface area contributed by atoms with Crippen LogP contribution in [0.1, 0.15) is 12.3 Å². The summed E-state index contributed by atoms with van der Waals surface area (Å²) in [5, 5.41) is 9.10. The van der Waals surface area contributed by atoms with E-state index in [1.807, 2.05) is 0 Å². The Hall–Kier alpha value is -1.60. The van der Waals surface area contributed by atoms with Crippen LogP contribution in [0.25, 0.3) is 11.3 Å². The van der Waals surface area contributed by atoms with E-state index in [0.29, 0.717) is 11.3 Å². The minimum absolute atomic E-state index is 0.100. The summed E-state index contributed by atoms with van der Waals surface area (Å²) in [6.07, 6.45) is -4.80. The number of aryl methyl sites for hydroxylation is 1. The van der Waals surface area contributed by atoms with Gasteiger partial charge >= 0.3 is 6.18 Å². The lowest BCUT2D eigenvalue weighted by atomic mass is 10.2. The van der Waals surface area contributed by atoms with E-state index < -0.39 is 18.7 Å². The molecule has 1 unspecified atom stereocenters. The highest BCUT2D eigenvalue weighted by Crippen LogP contribution is 2.27. The maximum atomic E-state index is 12.1. The monoisotopic (exact) mass is 306 g/mol. The van der Waals surface area contributed by atoms with Crippen molar-refractivity contribution >= 4 is 11.6 Å². The Morgan fingerprint density at radius 2 is 2.10 bits per heavy atom. The Kier molecular flexibility index (Phi) is 4.29. The van der Waals surface area contributed by atoms with Gasteiger partial charge in [-0.1, -0.05) is 11.6 Å². The average Bonchev–Trinajstić information content (AvgIpc) is 2.84. The number of oxazole rings is 1. The molecule has 8 heteroatoms. The lowest BCUT2D eigenvalue weighted by Crippen LogP contribution is -2.28. The molecule has 2 aromatic heterocycles. The Morgan fingerprint density at radius 1 is 1.35 bits per heavy atom. The van der Waals surface area contributed by atoms with Crippen LogP contribution < -0.4 is 0 Å². The predicted octanol–water partition coefficient (Wildman–Crippen LogP) is 3.25. The van der Waals surface area contributed by atoms with Crippen molar-refractivity contribution in [2.45, 2.75) is 25.1 Å². The minimum atomic E-state index is -4.64. The maximum Gasteiger partial charge on any atom is 0.414 e. The number of pyridine rings is 1. The molecule has 1 N–H and O–H groups in total. The van der Waals surface area contributed by atoms with Crippen molar-refractivity contribution in [1.82, 2.24) is 9.97 Å². The highest BCUT2D eigenvalue weighted by atomic mass is 35.5. The molecule has 0 aliphatic heterocycles. The van der Waals surface area contributed by atoms with Crippen molar-refractivity contribution in [1.29, 1.82) is 0 Å². The predicted molar refractivity (Wildman–Crippen MR) is 65.1 cm³/mol. The second-order valence-corrected chi connectivity index (χ2v) is 4.41. The molecule has 0 amide bonds. The van der Waals surface area contributed by atoms with Crippen LogP contribution in [-0.2, 0) is 6.42 Å². The lowest BCUT2D eigenvalue weighted by Gasteiger charge is -2.12. The lowest BCUT2D eigenvalue weighted by molar-refractivity contribution is -0.205. The number of aliphatic hydroxyl groups is 1. The summed E-state index contributed by atoms with van der Waals surface area (Å²) in [6, 6.07) is 3.31. The van der Waals surface area contributed by atoms with Crippen molar-refractivity contribution in [3.05, 3.63) is 35.6 Å². The largest absolute Gasteiger partial charge is 0.441 e. The van der Waals surface area contributed by atoms with Crippen LogP contribution in [0.15, 0.2) is 28.9 Å². The first kappa shape index (κ1) is 14.8. The molecule has 2 aromatic rings. The van der Waals surface area contributed by atoms with Crippen molar-refractivity contribution in [3.63, 3.8) is 0 Å². The molecular formula is C12H10ClF3N2O2. The summed E-state index contributed by atoms with van der Waals surface area (Å²) in [7, 11) is 0. The SMILES string of the molecule is OC(CCc1ncc(-c2cccnc2Cl)o1)C(F)(F)F. The number of aromatic nitrogens is 2. The number of halogens is 4. The van der Waals surface area contributed by atoms with Crippen molar-refractivity contribution in [3.8, 4) is 11.3 Å². The second kappa shape index (κ2) is 5.80. The molecule has 108 valence electrons. The van der Waals surface area contributed by atoms with Gasteiger partial charge in [0.25, 0.3) is 0 Å². The van der Waals surface area contributed by atoms with Gasteiger partial charge in [0.05, 0.1) is 11.8 Å².